The maximum Gasteiger partial charge on any atom is 0.198 e. The zero-order valence-electron chi connectivity index (χ0n) is 30.3. The number of rotatable bonds is 4. The van der Waals surface area contributed by atoms with Crippen LogP contribution in [0, 0.1) is 0 Å². The van der Waals surface area contributed by atoms with Gasteiger partial charge in [-0.25, -0.2) is 0 Å². The monoisotopic (exact) mass is 711 g/mol. The minimum absolute atomic E-state index is 0.876. The Balaban J connectivity index is 1.17. The number of hydrogen-bond acceptors (Lipinski definition) is 2. The number of nitrogens with zero attached hydrogens (tertiary/aromatic N) is 1. The Morgan fingerprint density at radius 2 is 1.16 bits per heavy atom. The molecule has 9 aromatic carbocycles. The van der Waals surface area contributed by atoms with Crippen LogP contribution in [0.15, 0.2) is 192 Å². The van der Waals surface area contributed by atoms with Crippen molar-refractivity contribution >= 4 is 89.8 Å². The van der Waals surface area contributed by atoms with Crippen LogP contribution in [0.3, 0.4) is 0 Å². The van der Waals surface area contributed by atoms with Crippen molar-refractivity contribution in [3.63, 3.8) is 0 Å². The van der Waals surface area contributed by atoms with Crippen LogP contribution in [0.2, 0.25) is 0 Å². The number of anilines is 3. The van der Waals surface area contributed by atoms with Gasteiger partial charge < -0.3 is 14.3 Å². The SMILES string of the molecule is [B]1c2cc(-c3ccccc3)ccc2N(c2ccc(-c3ccccc3)cc2)c2c1c(-c1cccc3c1[nH]c1ccc4ccccc4c13)cc1c2oc2ccccc21. The van der Waals surface area contributed by atoms with Crippen molar-refractivity contribution in [2.24, 2.45) is 0 Å². The van der Waals surface area contributed by atoms with E-state index in [9.17, 15) is 0 Å². The number of furan rings is 1. The predicted octanol–water partition coefficient (Wildman–Crippen LogP) is 12.8. The molecule has 12 rings (SSSR count). The van der Waals surface area contributed by atoms with Crippen molar-refractivity contribution < 1.29 is 4.42 Å². The Hall–Kier alpha value is -7.30. The van der Waals surface area contributed by atoms with Gasteiger partial charge in [-0.2, -0.15) is 0 Å². The third-order valence-corrected chi connectivity index (χ3v) is 11.6. The highest BCUT2D eigenvalue weighted by Gasteiger charge is 2.32. The van der Waals surface area contributed by atoms with Crippen molar-refractivity contribution in [2.45, 2.75) is 0 Å². The third kappa shape index (κ3) is 4.66. The lowest BCUT2D eigenvalue weighted by Crippen LogP contribution is -2.41. The summed E-state index contributed by atoms with van der Waals surface area (Å²) in [4.78, 5) is 6.30. The number of H-pyrrole nitrogens is 1. The molecule has 0 saturated carbocycles. The van der Waals surface area contributed by atoms with Gasteiger partial charge in [0.2, 0.25) is 0 Å². The van der Waals surface area contributed by atoms with E-state index in [1.807, 2.05) is 0 Å². The molecule has 259 valence electrons. The largest absolute Gasteiger partial charge is 0.454 e. The molecule has 3 heterocycles. The zero-order chi connectivity index (χ0) is 36.7. The van der Waals surface area contributed by atoms with Crippen LogP contribution in [-0.4, -0.2) is 12.3 Å². The van der Waals surface area contributed by atoms with Gasteiger partial charge in [0, 0.05) is 44.0 Å². The first-order valence-electron chi connectivity index (χ1n) is 19.2. The Kier molecular flexibility index (Phi) is 6.72. The highest BCUT2D eigenvalue weighted by molar-refractivity contribution is 6.74. The smallest absolute Gasteiger partial charge is 0.198 e. The van der Waals surface area contributed by atoms with Gasteiger partial charge in [0.15, 0.2) is 12.9 Å². The molecule has 0 aliphatic carbocycles. The number of aromatic nitrogens is 1. The molecular formula is C52H32BN2O. The van der Waals surface area contributed by atoms with Crippen LogP contribution < -0.4 is 15.8 Å². The van der Waals surface area contributed by atoms with E-state index < -0.39 is 0 Å². The summed E-state index contributed by atoms with van der Waals surface area (Å²) in [5.41, 5.74) is 16.6. The van der Waals surface area contributed by atoms with Crippen molar-refractivity contribution in [3.05, 3.63) is 188 Å². The molecular weight excluding hydrogens is 679 g/mol. The number of fused-ring (bicyclic) bond motifs is 11. The Morgan fingerprint density at radius 1 is 0.482 bits per heavy atom. The standard InChI is InChI=1S/C52H32BN2O/c1-3-12-32(13-4-1)34-22-26-37(27-23-34)55-46-29-25-36(33-14-5-2-6-15-33)30-44(46)53-49-42(31-43-39-18-9-10-21-47(39)56-52(43)51(49)55)40-19-11-20-41-48-38-17-8-7-16-35(38)24-28-45(48)54-50(40)41/h1-31,54H. The van der Waals surface area contributed by atoms with Gasteiger partial charge >= 0.3 is 0 Å². The Morgan fingerprint density at radius 3 is 1.98 bits per heavy atom. The van der Waals surface area contributed by atoms with E-state index in [4.69, 9.17) is 4.42 Å². The molecule has 1 aliphatic rings. The lowest BCUT2D eigenvalue weighted by molar-refractivity contribution is 0.669. The fourth-order valence-electron chi connectivity index (χ4n) is 9.03. The number of nitrogens with one attached hydrogen (secondary N) is 1. The van der Waals surface area contributed by atoms with E-state index in [2.05, 4.69) is 205 Å². The minimum atomic E-state index is 0.876. The summed E-state index contributed by atoms with van der Waals surface area (Å²) < 4.78 is 6.91. The topological polar surface area (TPSA) is 32.2 Å². The second-order valence-electron chi connectivity index (χ2n) is 14.8. The van der Waals surface area contributed by atoms with Gasteiger partial charge in [-0.15, -0.1) is 0 Å². The molecule has 0 fully saturated rings. The Bertz CT molecular complexity index is 3330. The number of benzene rings is 9. The molecule has 3 nitrogen and oxygen atoms in total. The van der Waals surface area contributed by atoms with Crippen molar-refractivity contribution in [1.82, 2.24) is 4.98 Å². The molecule has 1 radical (unpaired) electrons. The van der Waals surface area contributed by atoms with Crippen molar-refractivity contribution in [2.75, 3.05) is 4.90 Å². The van der Waals surface area contributed by atoms with E-state index in [1.54, 1.807) is 0 Å². The van der Waals surface area contributed by atoms with E-state index >= 15 is 0 Å². The van der Waals surface area contributed by atoms with Gasteiger partial charge in [0.05, 0.1) is 11.2 Å². The van der Waals surface area contributed by atoms with Crippen LogP contribution in [0.4, 0.5) is 17.1 Å². The minimum Gasteiger partial charge on any atom is -0.454 e. The number of hydrogen-bond donors (Lipinski definition) is 1. The molecule has 56 heavy (non-hydrogen) atoms. The van der Waals surface area contributed by atoms with Gasteiger partial charge in [-0.3, -0.25) is 0 Å². The van der Waals surface area contributed by atoms with Crippen LogP contribution in [0.25, 0.3) is 87.9 Å². The molecule has 1 aliphatic heterocycles. The summed E-state index contributed by atoms with van der Waals surface area (Å²) in [6.45, 7) is 0. The van der Waals surface area contributed by atoms with Crippen LogP contribution >= 0.6 is 0 Å². The summed E-state index contributed by atoms with van der Waals surface area (Å²) in [6, 6.07) is 67.7. The molecule has 2 aromatic heterocycles. The van der Waals surface area contributed by atoms with Gasteiger partial charge in [0.1, 0.15) is 5.58 Å². The van der Waals surface area contributed by atoms with Crippen LogP contribution in [-0.2, 0) is 0 Å². The molecule has 0 atom stereocenters. The second-order valence-corrected chi connectivity index (χ2v) is 14.8. The first-order chi connectivity index (χ1) is 27.8. The lowest BCUT2D eigenvalue weighted by atomic mass is 9.57. The second kappa shape index (κ2) is 12.1. The van der Waals surface area contributed by atoms with Crippen LogP contribution in [0.1, 0.15) is 0 Å². The molecule has 0 saturated heterocycles. The third-order valence-electron chi connectivity index (χ3n) is 11.6. The summed E-state index contributed by atoms with van der Waals surface area (Å²) in [5.74, 6) is 0. The van der Waals surface area contributed by atoms with Crippen molar-refractivity contribution in [1.29, 1.82) is 0 Å². The fraction of sp³-hybridized carbons (Fsp3) is 0. The predicted molar refractivity (Wildman–Crippen MR) is 237 cm³/mol. The lowest BCUT2D eigenvalue weighted by Gasteiger charge is -2.35. The molecule has 0 spiro atoms. The fourth-order valence-corrected chi connectivity index (χ4v) is 9.03. The average molecular weight is 712 g/mol. The van der Waals surface area contributed by atoms with Crippen molar-refractivity contribution in [3.8, 4) is 33.4 Å². The first-order valence-corrected chi connectivity index (χ1v) is 19.2. The highest BCUT2D eigenvalue weighted by Crippen LogP contribution is 2.46. The molecule has 0 unspecified atom stereocenters. The summed E-state index contributed by atoms with van der Waals surface area (Å²) in [7, 11) is 2.38. The highest BCUT2D eigenvalue weighted by atomic mass is 16.3. The van der Waals surface area contributed by atoms with E-state index in [1.165, 1.54) is 43.8 Å². The maximum atomic E-state index is 6.91. The zero-order valence-corrected chi connectivity index (χ0v) is 30.3. The Labute approximate surface area is 324 Å². The summed E-state index contributed by atoms with van der Waals surface area (Å²) in [6.07, 6.45) is 0. The molecule has 11 aromatic rings. The molecule has 0 bridgehead atoms. The summed E-state index contributed by atoms with van der Waals surface area (Å²) >= 11 is 0. The van der Waals surface area contributed by atoms with E-state index in [0.29, 0.717) is 0 Å². The van der Waals surface area contributed by atoms with Gasteiger partial charge in [-0.1, -0.05) is 157 Å². The van der Waals surface area contributed by atoms with E-state index in [-0.39, 0.29) is 0 Å². The molecule has 4 heteroatoms. The number of aromatic amines is 1. The van der Waals surface area contributed by atoms with Gasteiger partial charge in [-0.05, 0) is 80.5 Å². The molecule has 0 amide bonds. The quantitative estimate of drug-likeness (QED) is 0.184. The molecule has 1 N–H and O–H groups in total. The first kappa shape index (κ1) is 31.1. The van der Waals surface area contributed by atoms with Gasteiger partial charge in [0.25, 0.3) is 0 Å². The normalized spacial score (nSPS) is 12.4. The summed E-state index contributed by atoms with van der Waals surface area (Å²) in [5, 5.41) is 7.16. The van der Waals surface area contributed by atoms with E-state index in [0.717, 1.165) is 72.1 Å². The van der Waals surface area contributed by atoms with Crippen LogP contribution in [0.5, 0.6) is 0 Å². The maximum absolute atomic E-state index is 6.91. The number of para-hydroxylation sites is 2. The average Bonchev–Trinajstić information content (AvgIpc) is 3.85.